The molecule has 0 bridgehead atoms. The van der Waals surface area contributed by atoms with E-state index in [-0.39, 0.29) is 5.56 Å². The molecule has 1 atom stereocenters. The zero-order valence-corrected chi connectivity index (χ0v) is 14.5. The zero-order valence-electron chi connectivity index (χ0n) is 13.0. The number of rotatable bonds is 4. The smallest absolute Gasteiger partial charge is 0.416 e. The van der Waals surface area contributed by atoms with Crippen LogP contribution in [-0.2, 0) is 15.7 Å². The third-order valence-electron chi connectivity index (χ3n) is 3.41. The predicted octanol–water partition coefficient (Wildman–Crippen LogP) is 4.25. The minimum Gasteiger partial charge on any atom is -0.506 e. The molecule has 1 heterocycles. The Morgan fingerprint density at radius 2 is 1.81 bits per heavy atom. The Kier molecular flexibility index (Phi) is 5.77. The third kappa shape index (κ3) is 3.91. The van der Waals surface area contributed by atoms with Crippen LogP contribution in [0.2, 0.25) is 10.0 Å². The van der Waals surface area contributed by atoms with Crippen molar-refractivity contribution in [2.45, 2.75) is 12.1 Å². The Hall–Kier alpha value is -2.32. The topological polar surface area (TPSA) is 76.5 Å². The highest BCUT2D eigenvalue weighted by Gasteiger charge is 2.38. The number of ketones is 1. The maximum atomic E-state index is 12.9. The number of carbonyl (C=O) groups excluding carboxylic acids is 2. The van der Waals surface area contributed by atoms with Crippen LogP contribution in [0.25, 0.3) is 0 Å². The van der Waals surface area contributed by atoms with Gasteiger partial charge in [-0.25, -0.2) is 4.98 Å². The van der Waals surface area contributed by atoms with Crippen molar-refractivity contribution in [1.82, 2.24) is 4.98 Å². The number of Topliss-reactive ketones (excluding diaryl/α,β-unsaturated/α-hetero) is 1. The number of aromatic hydroxyl groups is 1. The monoisotopic (exact) mass is 407 g/mol. The van der Waals surface area contributed by atoms with Crippen molar-refractivity contribution in [3.8, 4) is 5.75 Å². The van der Waals surface area contributed by atoms with E-state index in [4.69, 9.17) is 23.2 Å². The molecule has 0 amide bonds. The number of esters is 1. The maximum Gasteiger partial charge on any atom is 0.416 e. The first-order valence-corrected chi connectivity index (χ1v) is 7.65. The molecule has 0 spiro atoms. The second-order valence-corrected chi connectivity index (χ2v) is 5.86. The van der Waals surface area contributed by atoms with Gasteiger partial charge in [-0.15, -0.1) is 0 Å². The molecule has 0 aliphatic heterocycles. The van der Waals surface area contributed by atoms with E-state index < -0.39 is 50.9 Å². The SMILES string of the molecule is COC(=O)C(C(=O)c1ncccc1O)c1c(Cl)cc(C(F)(F)F)cc1Cl. The summed E-state index contributed by atoms with van der Waals surface area (Å²) in [6.45, 7) is 0. The third-order valence-corrected chi connectivity index (χ3v) is 4.04. The van der Waals surface area contributed by atoms with E-state index >= 15 is 0 Å². The first-order valence-electron chi connectivity index (χ1n) is 6.90. The number of pyridine rings is 1. The largest absolute Gasteiger partial charge is 0.506 e. The van der Waals surface area contributed by atoms with Gasteiger partial charge in [0.2, 0.25) is 5.78 Å². The van der Waals surface area contributed by atoms with Crippen molar-refractivity contribution in [2.24, 2.45) is 0 Å². The molecule has 26 heavy (non-hydrogen) atoms. The molecule has 0 saturated heterocycles. The summed E-state index contributed by atoms with van der Waals surface area (Å²) in [4.78, 5) is 28.5. The Balaban J connectivity index is 2.64. The highest BCUT2D eigenvalue weighted by atomic mass is 35.5. The van der Waals surface area contributed by atoms with E-state index in [1.165, 1.54) is 12.3 Å². The van der Waals surface area contributed by atoms with Gasteiger partial charge >= 0.3 is 12.1 Å². The standard InChI is InChI=1S/C16H10Cl2F3NO4/c1-26-15(25)12(14(24)13-10(23)3-2-4-22-13)11-8(17)5-7(6-9(11)18)16(19,20)21/h2-6,12,23H,1H3. The molecule has 0 fully saturated rings. The summed E-state index contributed by atoms with van der Waals surface area (Å²) in [5, 5.41) is 8.67. The molecule has 1 aromatic carbocycles. The van der Waals surface area contributed by atoms with Gasteiger partial charge in [0.05, 0.1) is 12.7 Å². The van der Waals surface area contributed by atoms with Gasteiger partial charge in [-0.2, -0.15) is 13.2 Å². The first-order chi connectivity index (χ1) is 12.1. The van der Waals surface area contributed by atoms with E-state index in [1.807, 2.05) is 0 Å². The lowest BCUT2D eigenvalue weighted by Crippen LogP contribution is -2.25. The van der Waals surface area contributed by atoms with Gasteiger partial charge in [-0.3, -0.25) is 9.59 Å². The second-order valence-electron chi connectivity index (χ2n) is 5.04. The van der Waals surface area contributed by atoms with Crippen LogP contribution in [0, 0.1) is 0 Å². The van der Waals surface area contributed by atoms with E-state index in [1.54, 1.807) is 0 Å². The van der Waals surface area contributed by atoms with Crippen LogP contribution in [0.3, 0.4) is 0 Å². The van der Waals surface area contributed by atoms with Gasteiger partial charge < -0.3 is 9.84 Å². The molecule has 0 aliphatic carbocycles. The first kappa shape index (κ1) is 20.0. The number of carbonyl (C=O) groups is 2. The fourth-order valence-corrected chi connectivity index (χ4v) is 2.93. The molecule has 1 N–H and O–H groups in total. The Morgan fingerprint density at radius 3 is 2.27 bits per heavy atom. The molecular weight excluding hydrogens is 398 g/mol. The summed E-state index contributed by atoms with van der Waals surface area (Å²) in [7, 11) is 0.979. The van der Waals surface area contributed by atoms with Crippen LogP contribution < -0.4 is 0 Å². The molecule has 1 aromatic heterocycles. The van der Waals surface area contributed by atoms with Gasteiger partial charge in [-0.1, -0.05) is 23.2 Å². The second kappa shape index (κ2) is 7.51. The summed E-state index contributed by atoms with van der Waals surface area (Å²) in [5.41, 5.74) is -1.99. The molecule has 0 aliphatic rings. The summed E-state index contributed by atoms with van der Waals surface area (Å²) in [6.07, 6.45) is -3.53. The Labute approximate surface area is 155 Å². The number of aromatic nitrogens is 1. The number of nitrogens with zero attached hydrogens (tertiary/aromatic N) is 1. The fraction of sp³-hybridized carbons (Fsp3) is 0.188. The summed E-state index contributed by atoms with van der Waals surface area (Å²) >= 11 is 11.8. The lowest BCUT2D eigenvalue weighted by atomic mass is 9.91. The normalized spacial score (nSPS) is 12.5. The minimum absolute atomic E-state index is 0.372. The number of ether oxygens (including phenoxy) is 1. The lowest BCUT2D eigenvalue weighted by molar-refractivity contribution is -0.141. The quantitative estimate of drug-likeness (QED) is 0.465. The van der Waals surface area contributed by atoms with Crippen molar-refractivity contribution in [3.63, 3.8) is 0 Å². The van der Waals surface area contributed by atoms with Crippen molar-refractivity contribution in [3.05, 3.63) is 57.3 Å². The van der Waals surface area contributed by atoms with Gasteiger partial charge in [0.1, 0.15) is 17.4 Å². The van der Waals surface area contributed by atoms with Crippen LogP contribution >= 0.6 is 23.2 Å². The summed E-state index contributed by atoms with van der Waals surface area (Å²) in [5.74, 6) is -4.48. The van der Waals surface area contributed by atoms with E-state index in [0.29, 0.717) is 12.1 Å². The number of methoxy groups -OCH3 is 1. The van der Waals surface area contributed by atoms with E-state index in [0.717, 1.165) is 13.2 Å². The molecule has 0 radical (unpaired) electrons. The molecule has 2 rings (SSSR count). The number of halogens is 5. The Bertz CT molecular complexity index is 848. The van der Waals surface area contributed by atoms with E-state index in [9.17, 15) is 27.9 Å². The summed E-state index contributed by atoms with van der Waals surface area (Å²) in [6, 6.07) is 3.59. The van der Waals surface area contributed by atoms with Gasteiger partial charge in [0.25, 0.3) is 0 Å². The van der Waals surface area contributed by atoms with Gasteiger partial charge in [-0.05, 0) is 24.3 Å². The molecule has 10 heteroatoms. The maximum absolute atomic E-state index is 12.9. The average Bonchev–Trinajstić information content (AvgIpc) is 2.56. The minimum atomic E-state index is -4.73. The summed E-state index contributed by atoms with van der Waals surface area (Å²) < 4.78 is 43.1. The van der Waals surface area contributed by atoms with Crippen molar-refractivity contribution in [2.75, 3.05) is 7.11 Å². The predicted molar refractivity (Wildman–Crippen MR) is 86.5 cm³/mol. The highest BCUT2D eigenvalue weighted by molar-refractivity contribution is 6.37. The number of hydrogen-bond acceptors (Lipinski definition) is 5. The highest BCUT2D eigenvalue weighted by Crippen LogP contribution is 2.40. The number of hydrogen-bond donors (Lipinski definition) is 1. The van der Waals surface area contributed by atoms with Crippen molar-refractivity contribution in [1.29, 1.82) is 0 Å². The van der Waals surface area contributed by atoms with Crippen LogP contribution in [0.4, 0.5) is 13.2 Å². The molecular formula is C16H10Cl2F3NO4. The molecule has 138 valence electrons. The lowest BCUT2D eigenvalue weighted by Gasteiger charge is -2.18. The fourth-order valence-electron chi connectivity index (χ4n) is 2.22. The number of alkyl halides is 3. The number of benzene rings is 1. The van der Waals surface area contributed by atoms with Crippen LogP contribution in [-0.4, -0.2) is 29.0 Å². The van der Waals surface area contributed by atoms with Crippen LogP contribution in [0.1, 0.15) is 27.5 Å². The molecule has 2 aromatic rings. The van der Waals surface area contributed by atoms with Crippen LogP contribution in [0.5, 0.6) is 5.75 Å². The van der Waals surface area contributed by atoms with Gasteiger partial charge in [0, 0.05) is 21.8 Å². The molecule has 1 unspecified atom stereocenters. The van der Waals surface area contributed by atoms with Crippen LogP contribution in [0.15, 0.2) is 30.5 Å². The van der Waals surface area contributed by atoms with E-state index in [2.05, 4.69) is 9.72 Å². The van der Waals surface area contributed by atoms with Gasteiger partial charge in [0.15, 0.2) is 0 Å². The van der Waals surface area contributed by atoms with Crippen molar-refractivity contribution >= 4 is 35.0 Å². The molecule has 0 saturated carbocycles. The molecule has 5 nitrogen and oxygen atoms in total. The zero-order chi connectivity index (χ0) is 19.6. The Morgan fingerprint density at radius 1 is 1.23 bits per heavy atom. The average molecular weight is 408 g/mol. The van der Waals surface area contributed by atoms with Crippen molar-refractivity contribution < 1.29 is 32.6 Å².